The van der Waals surface area contributed by atoms with E-state index in [9.17, 15) is 9.59 Å². The lowest BCUT2D eigenvalue weighted by molar-refractivity contribution is -0.120. The molecular weight excluding hydrogens is 378 g/mol. The molecule has 0 spiro atoms. The predicted octanol–water partition coefficient (Wildman–Crippen LogP) is 3.71. The summed E-state index contributed by atoms with van der Waals surface area (Å²) < 4.78 is 0. The van der Waals surface area contributed by atoms with Gasteiger partial charge in [-0.15, -0.1) is 0 Å². The molecule has 0 radical (unpaired) electrons. The third-order valence-corrected chi connectivity index (χ3v) is 5.47. The maximum absolute atomic E-state index is 12.7. The summed E-state index contributed by atoms with van der Waals surface area (Å²) in [4.78, 5) is 29.4. The van der Waals surface area contributed by atoms with Crippen molar-refractivity contribution in [3.63, 3.8) is 0 Å². The molecule has 2 amide bonds. The summed E-state index contributed by atoms with van der Waals surface area (Å²) in [6.45, 7) is 1.68. The zero-order valence-electron chi connectivity index (χ0n) is 17.1. The SMILES string of the molecule is CC1N=C(C(=O)Nc2ccc(NC3CCCCC3)cc2)NN(c2ccccc2)C1=O. The molecule has 2 aromatic carbocycles. The Kier molecular flexibility index (Phi) is 5.97. The van der Waals surface area contributed by atoms with Gasteiger partial charge in [0, 0.05) is 17.4 Å². The van der Waals surface area contributed by atoms with Crippen LogP contribution in [0.3, 0.4) is 0 Å². The number of nitrogens with zero attached hydrogens (tertiary/aromatic N) is 2. The Balaban J connectivity index is 1.40. The van der Waals surface area contributed by atoms with Crippen molar-refractivity contribution in [3.8, 4) is 0 Å². The lowest BCUT2D eigenvalue weighted by atomic mass is 9.95. The Morgan fingerprint density at radius 1 is 1.00 bits per heavy atom. The largest absolute Gasteiger partial charge is 0.382 e. The van der Waals surface area contributed by atoms with Crippen LogP contribution >= 0.6 is 0 Å². The zero-order chi connectivity index (χ0) is 20.9. The number of amides is 2. The number of para-hydroxylation sites is 1. The van der Waals surface area contributed by atoms with Gasteiger partial charge in [0.05, 0.1) is 5.69 Å². The smallest absolute Gasteiger partial charge is 0.292 e. The molecule has 7 nitrogen and oxygen atoms in total. The molecule has 1 aliphatic carbocycles. The van der Waals surface area contributed by atoms with Crippen molar-refractivity contribution in [1.82, 2.24) is 5.43 Å². The lowest BCUT2D eigenvalue weighted by Gasteiger charge is -2.30. The van der Waals surface area contributed by atoms with Crippen LogP contribution in [0.1, 0.15) is 39.0 Å². The highest BCUT2D eigenvalue weighted by Crippen LogP contribution is 2.23. The molecule has 156 valence electrons. The number of carbonyl (C=O) groups excluding carboxylic acids is 2. The van der Waals surface area contributed by atoms with Crippen LogP contribution in [-0.2, 0) is 9.59 Å². The van der Waals surface area contributed by atoms with Gasteiger partial charge in [-0.1, -0.05) is 37.5 Å². The van der Waals surface area contributed by atoms with Gasteiger partial charge in [-0.3, -0.25) is 15.0 Å². The van der Waals surface area contributed by atoms with E-state index < -0.39 is 6.04 Å². The van der Waals surface area contributed by atoms with Gasteiger partial charge < -0.3 is 10.6 Å². The Bertz CT molecular complexity index is 920. The van der Waals surface area contributed by atoms with E-state index in [1.54, 1.807) is 19.1 Å². The molecule has 1 atom stereocenters. The maximum Gasteiger partial charge on any atom is 0.292 e. The zero-order valence-corrected chi connectivity index (χ0v) is 17.1. The molecule has 7 heteroatoms. The molecule has 0 saturated heterocycles. The molecule has 1 saturated carbocycles. The molecule has 1 heterocycles. The molecule has 1 aliphatic heterocycles. The van der Waals surface area contributed by atoms with Crippen molar-refractivity contribution in [2.45, 2.75) is 51.1 Å². The number of nitrogens with one attached hydrogen (secondary N) is 3. The number of benzene rings is 2. The monoisotopic (exact) mass is 405 g/mol. The standard InChI is InChI=1S/C23H27N5O2/c1-16-23(30)28(20-10-6-3-7-11-20)27-21(24-16)22(29)26-19-14-12-18(13-15-19)25-17-8-4-2-5-9-17/h3,6-7,10-17,25H,2,4-5,8-9H2,1H3,(H,24,27)(H,26,29). The molecule has 0 bridgehead atoms. The lowest BCUT2D eigenvalue weighted by Crippen LogP contribution is -2.57. The van der Waals surface area contributed by atoms with Gasteiger partial charge >= 0.3 is 0 Å². The quantitative estimate of drug-likeness (QED) is 0.708. The second kappa shape index (κ2) is 8.98. The van der Waals surface area contributed by atoms with E-state index in [1.807, 2.05) is 42.5 Å². The van der Waals surface area contributed by atoms with E-state index in [2.05, 4.69) is 21.1 Å². The molecular formula is C23H27N5O2. The van der Waals surface area contributed by atoms with Crippen LogP contribution in [0.25, 0.3) is 0 Å². The number of amidine groups is 1. The van der Waals surface area contributed by atoms with Crippen molar-refractivity contribution < 1.29 is 9.59 Å². The molecule has 1 fully saturated rings. The average Bonchev–Trinajstić information content (AvgIpc) is 2.78. The predicted molar refractivity (Wildman–Crippen MR) is 120 cm³/mol. The van der Waals surface area contributed by atoms with Gasteiger partial charge in [-0.05, 0) is 56.2 Å². The fraction of sp³-hybridized carbons (Fsp3) is 0.348. The van der Waals surface area contributed by atoms with Crippen LogP contribution in [0.2, 0.25) is 0 Å². The number of aliphatic imine (C=N–C) groups is 1. The van der Waals surface area contributed by atoms with Crippen LogP contribution in [0.4, 0.5) is 17.1 Å². The molecule has 1 unspecified atom stereocenters. The number of hydrogen-bond acceptors (Lipinski definition) is 5. The first-order valence-corrected chi connectivity index (χ1v) is 10.5. The average molecular weight is 406 g/mol. The van der Waals surface area contributed by atoms with E-state index in [-0.39, 0.29) is 17.6 Å². The summed E-state index contributed by atoms with van der Waals surface area (Å²) in [5.41, 5.74) is 5.24. The summed E-state index contributed by atoms with van der Waals surface area (Å²) in [5.74, 6) is -0.491. The van der Waals surface area contributed by atoms with Crippen LogP contribution in [0.5, 0.6) is 0 Å². The minimum absolute atomic E-state index is 0.107. The minimum atomic E-state index is -0.644. The van der Waals surface area contributed by atoms with Crippen molar-refractivity contribution in [2.24, 2.45) is 4.99 Å². The Morgan fingerprint density at radius 3 is 2.37 bits per heavy atom. The highest BCUT2D eigenvalue weighted by Gasteiger charge is 2.30. The molecule has 2 aliphatic rings. The van der Waals surface area contributed by atoms with Gasteiger partial charge in [-0.25, -0.2) is 10.0 Å². The first-order valence-electron chi connectivity index (χ1n) is 10.5. The minimum Gasteiger partial charge on any atom is -0.382 e. The first-order chi connectivity index (χ1) is 14.6. The highest BCUT2D eigenvalue weighted by molar-refractivity contribution is 6.43. The van der Waals surface area contributed by atoms with E-state index in [0.717, 1.165) is 5.69 Å². The van der Waals surface area contributed by atoms with E-state index in [1.165, 1.54) is 37.1 Å². The molecule has 2 aromatic rings. The molecule has 0 aromatic heterocycles. The van der Waals surface area contributed by atoms with Crippen LogP contribution in [0, 0.1) is 0 Å². The van der Waals surface area contributed by atoms with Crippen LogP contribution in [-0.4, -0.2) is 29.7 Å². The number of rotatable bonds is 5. The van der Waals surface area contributed by atoms with Gasteiger partial charge in [0.2, 0.25) is 5.84 Å². The normalized spacial score (nSPS) is 19.6. The second-order valence-electron chi connectivity index (χ2n) is 7.79. The van der Waals surface area contributed by atoms with Crippen molar-refractivity contribution in [2.75, 3.05) is 15.6 Å². The van der Waals surface area contributed by atoms with Crippen LogP contribution in [0.15, 0.2) is 59.6 Å². The van der Waals surface area contributed by atoms with Gasteiger partial charge in [-0.2, -0.15) is 0 Å². The number of anilines is 3. The summed E-state index contributed by atoms with van der Waals surface area (Å²) in [6, 6.07) is 16.7. The first kappa shape index (κ1) is 19.9. The van der Waals surface area contributed by atoms with Crippen molar-refractivity contribution in [1.29, 1.82) is 0 Å². The molecule has 4 rings (SSSR count). The summed E-state index contributed by atoms with van der Waals surface area (Å²) in [7, 11) is 0. The second-order valence-corrected chi connectivity index (χ2v) is 7.79. The third-order valence-electron chi connectivity index (χ3n) is 5.47. The topological polar surface area (TPSA) is 85.8 Å². The fourth-order valence-corrected chi connectivity index (χ4v) is 3.83. The van der Waals surface area contributed by atoms with Crippen molar-refractivity contribution in [3.05, 3.63) is 54.6 Å². The summed E-state index contributed by atoms with van der Waals surface area (Å²) in [5, 5.41) is 7.78. The maximum atomic E-state index is 12.7. The van der Waals surface area contributed by atoms with Gasteiger partial charge in [0.15, 0.2) is 0 Å². The van der Waals surface area contributed by atoms with Crippen molar-refractivity contribution >= 4 is 34.7 Å². The van der Waals surface area contributed by atoms with Crippen LogP contribution < -0.4 is 21.1 Å². The Hall–Kier alpha value is -3.35. The Labute approximate surface area is 176 Å². The highest BCUT2D eigenvalue weighted by atomic mass is 16.2. The summed E-state index contributed by atoms with van der Waals surface area (Å²) in [6.07, 6.45) is 6.30. The van der Waals surface area contributed by atoms with Gasteiger partial charge in [0.25, 0.3) is 11.8 Å². The molecule has 30 heavy (non-hydrogen) atoms. The number of hydrazine groups is 1. The third kappa shape index (κ3) is 4.62. The van der Waals surface area contributed by atoms with E-state index in [4.69, 9.17) is 0 Å². The van der Waals surface area contributed by atoms with E-state index >= 15 is 0 Å². The molecule has 3 N–H and O–H groups in total. The summed E-state index contributed by atoms with van der Waals surface area (Å²) >= 11 is 0. The van der Waals surface area contributed by atoms with E-state index in [0.29, 0.717) is 17.4 Å². The number of hydrogen-bond donors (Lipinski definition) is 3. The Morgan fingerprint density at radius 2 is 1.67 bits per heavy atom. The van der Waals surface area contributed by atoms with Gasteiger partial charge in [0.1, 0.15) is 6.04 Å². The number of carbonyl (C=O) groups is 2. The fourth-order valence-electron chi connectivity index (χ4n) is 3.83.